The molecule has 0 aromatic carbocycles. The Bertz CT molecular complexity index is 483. The van der Waals surface area contributed by atoms with Crippen molar-refractivity contribution in [1.29, 1.82) is 0 Å². The summed E-state index contributed by atoms with van der Waals surface area (Å²) in [6.45, 7) is 3.96. The molecular weight excluding hydrogens is 250 g/mol. The number of carbonyl (C=O) groups is 2. The second kappa shape index (κ2) is 5.40. The van der Waals surface area contributed by atoms with Gasteiger partial charge in [-0.25, -0.2) is 4.79 Å². The van der Waals surface area contributed by atoms with Crippen LogP contribution in [0.15, 0.2) is 12.4 Å². The van der Waals surface area contributed by atoms with Crippen LogP contribution in [0, 0.1) is 0 Å². The monoisotopic (exact) mass is 267 g/mol. The van der Waals surface area contributed by atoms with Gasteiger partial charge in [0.2, 0.25) is 0 Å². The third-order valence-corrected chi connectivity index (χ3v) is 2.99. The fourth-order valence-electron chi connectivity index (χ4n) is 1.92. The van der Waals surface area contributed by atoms with E-state index in [1.807, 2.05) is 13.8 Å². The van der Waals surface area contributed by atoms with Gasteiger partial charge in [0.15, 0.2) is 6.10 Å². The van der Waals surface area contributed by atoms with Crippen molar-refractivity contribution in [2.75, 3.05) is 5.32 Å². The summed E-state index contributed by atoms with van der Waals surface area (Å²) >= 11 is 0. The number of nitrogens with one attached hydrogen (secondary N) is 1. The molecule has 0 spiro atoms. The quantitative estimate of drug-likeness (QED) is 0.850. The number of anilines is 1. The van der Waals surface area contributed by atoms with Crippen LogP contribution in [-0.2, 0) is 14.3 Å². The van der Waals surface area contributed by atoms with Crippen LogP contribution in [0.25, 0.3) is 0 Å². The number of ether oxygens (including phenoxy) is 1. The van der Waals surface area contributed by atoms with Crippen LogP contribution in [0.2, 0.25) is 0 Å². The average molecular weight is 267 g/mol. The smallest absolute Gasteiger partial charge is 0.332 e. The molecule has 1 aliphatic heterocycles. The summed E-state index contributed by atoms with van der Waals surface area (Å²) in [6.07, 6.45) is 2.48. The molecule has 1 amide bonds. The van der Waals surface area contributed by atoms with E-state index in [0.717, 1.165) is 0 Å². The van der Waals surface area contributed by atoms with E-state index in [-0.39, 0.29) is 11.9 Å². The molecule has 2 atom stereocenters. The molecule has 2 unspecified atom stereocenters. The number of carboxylic acid groups (broad SMARTS) is 1. The Balaban J connectivity index is 1.92. The summed E-state index contributed by atoms with van der Waals surface area (Å²) in [6, 6.07) is 0.213. The van der Waals surface area contributed by atoms with Crippen molar-refractivity contribution in [3.05, 3.63) is 12.4 Å². The summed E-state index contributed by atoms with van der Waals surface area (Å²) < 4.78 is 6.90. The molecule has 2 heterocycles. The maximum atomic E-state index is 11.9. The minimum Gasteiger partial charge on any atom is -0.479 e. The highest BCUT2D eigenvalue weighted by Crippen LogP contribution is 2.21. The lowest BCUT2D eigenvalue weighted by Gasteiger charge is -2.10. The molecule has 1 saturated heterocycles. The first-order valence-electron chi connectivity index (χ1n) is 6.20. The van der Waals surface area contributed by atoms with Gasteiger partial charge in [-0.1, -0.05) is 0 Å². The van der Waals surface area contributed by atoms with E-state index in [1.54, 1.807) is 17.1 Å². The van der Waals surface area contributed by atoms with E-state index in [2.05, 4.69) is 10.4 Å². The van der Waals surface area contributed by atoms with Crippen molar-refractivity contribution in [1.82, 2.24) is 9.78 Å². The molecule has 2 N–H and O–H groups in total. The Hall–Kier alpha value is -1.89. The van der Waals surface area contributed by atoms with Gasteiger partial charge in [0.1, 0.15) is 6.10 Å². The molecule has 0 aliphatic carbocycles. The van der Waals surface area contributed by atoms with Crippen molar-refractivity contribution in [2.24, 2.45) is 0 Å². The summed E-state index contributed by atoms with van der Waals surface area (Å²) in [5.41, 5.74) is 0.584. The van der Waals surface area contributed by atoms with Gasteiger partial charge in [0, 0.05) is 12.2 Å². The van der Waals surface area contributed by atoms with Crippen LogP contribution >= 0.6 is 0 Å². The molecule has 1 aromatic rings. The third-order valence-electron chi connectivity index (χ3n) is 2.99. The van der Waals surface area contributed by atoms with Crippen LogP contribution in [-0.4, -0.2) is 39.0 Å². The summed E-state index contributed by atoms with van der Waals surface area (Å²) in [4.78, 5) is 22.6. The Labute approximate surface area is 110 Å². The molecular formula is C12H17N3O4. The van der Waals surface area contributed by atoms with Crippen molar-refractivity contribution in [2.45, 2.75) is 44.9 Å². The van der Waals surface area contributed by atoms with Gasteiger partial charge >= 0.3 is 5.97 Å². The number of aliphatic carboxylic acids is 1. The number of nitrogens with zero attached hydrogens (tertiary/aromatic N) is 2. The number of rotatable bonds is 4. The minimum absolute atomic E-state index is 0.213. The number of amides is 1. The fraction of sp³-hybridized carbons (Fsp3) is 0.583. The van der Waals surface area contributed by atoms with E-state index in [0.29, 0.717) is 18.5 Å². The van der Waals surface area contributed by atoms with Crippen molar-refractivity contribution in [3.8, 4) is 0 Å². The van der Waals surface area contributed by atoms with Crippen molar-refractivity contribution in [3.63, 3.8) is 0 Å². The first-order valence-corrected chi connectivity index (χ1v) is 6.20. The number of aromatic nitrogens is 2. The third kappa shape index (κ3) is 3.11. The first kappa shape index (κ1) is 13.5. The van der Waals surface area contributed by atoms with Crippen LogP contribution in [0.5, 0.6) is 0 Å². The van der Waals surface area contributed by atoms with Crippen molar-refractivity contribution < 1.29 is 19.4 Å². The van der Waals surface area contributed by atoms with E-state index < -0.39 is 18.2 Å². The lowest BCUT2D eigenvalue weighted by molar-refractivity contribution is -0.150. The van der Waals surface area contributed by atoms with Gasteiger partial charge in [-0.2, -0.15) is 5.10 Å². The number of carbonyl (C=O) groups excluding carboxylic acids is 1. The van der Waals surface area contributed by atoms with Gasteiger partial charge in [-0.15, -0.1) is 0 Å². The average Bonchev–Trinajstić information content (AvgIpc) is 2.96. The zero-order valence-electron chi connectivity index (χ0n) is 10.9. The number of carboxylic acids is 1. The number of hydrogen-bond donors (Lipinski definition) is 2. The predicted molar refractivity (Wildman–Crippen MR) is 66.8 cm³/mol. The molecule has 0 bridgehead atoms. The molecule has 7 heteroatoms. The highest BCUT2D eigenvalue weighted by atomic mass is 16.5. The Morgan fingerprint density at radius 1 is 1.47 bits per heavy atom. The molecule has 104 valence electrons. The predicted octanol–water partition coefficient (Wildman–Crippen LogP) is 1.03. The number of hydrogen-bond acceptors (Lipinski definition) is 4. The Morgan fingerprint density at radius 3 is 2.68 bits per heavy atom. The zero-order valence-corrected chi connectivity index (χ0v) is 10.9. The summed E-state index contributed by atoms with van der Waals surface area (Å²) in [7, 11) is 0. The van der Waals surface area contributed by atoms with E-state index >= 15 is 0 Å². The van der Waals surface area contributed by atoms with E-state index in [1.165, 1.54) is 0 Å². The molecule has 1 aliphatic rings. The highest BCUT2D eigenvalue weighted by Gasteiger charge is 2.34. The van der Waals surface area contributed by atoms with E-state index in [4.69, 9.17) is 9.84 Å². The zero-order chi connectivity index (χ0) is 14.0. The fourth-order valence-corrected chi connectivity index (χ4v) is 1.92. The van der Waals surface area contributed by atoms with Gasteiger partial charge in [0.05, 0.1) is 11.9 Å². The topological polar surface area (TPSA) is 93.5 Å². The molecule has 1 fully saturated rings. The van der Waals surface area contributed by atoms with Crippen LogP contribution in [0.4, 0.5) is 5.69 Å². The Kier molecular flexibility index (Phi) is 3.84. The lowest BCUT2D eigenvalue weighted by atomic mass is 10.2. The standard InChI is InChI=1S/C12H17N3O4/c1-7(2)15-6-8(5-13-15)14-11(16)9-3-4-10(19-9)12(17)18/h5-7,9-10H,3-4H2,1-2H3,(H,14,16)(H,17,18). The maximum absolute atomic E-state index is 11.9. The van der Waals surface area contributed by atoms with Gasteiger partial charge in [0.25, 0.3) is 5.91 Å². The minimum atomic E-state index is -1.03. The molecule has 1 aromatic heterocycles. The highest BCUT2D eigenvalue weighted by molar-refractivity contribution is 5.94. The lowest BCUT2D eigenvalue weighted by Crippen LogP contribution is -2.29. The van der Waals surface area contributed by atoms with Gasteiger partial charge < -0.3 is 15.2 Å². The summed E-state index contributed by atoms with van der Waals surface area (Å²) in [5, 5.41) is 15.6. The molecule has 0 saturated carbocycles. The second-order valence-electron chi connectivity index (χ2n) is 4.82. The SMILES string of the molecule is CC(C)n1cc(NC(=O)C2CCC(C(=O)O)O2)cn1. The normalized spacial score (nSPS) is 22.7. The van der Waals surface area contributed by atoms with E-state index in [9.17, 15) is 9.59 Å². The Morgan fingerprint density at radius 2 is 2.16 bits per heavy atom. The maximum Gasteiger partial charge on any atom is 0.332 e. The molecule has 7 nitrogen and oxygen atoms in total. The molecule has 0 radical (unpaired) electrons. The van der Waals surface area contributed by atoms with Gasteiger partial charge in [-0.3, -0.25) is 9.48 Å². The molecule has 19 heavy (non-hydrogen) atoms. The van der Waals surface area contributed by atoms with Crippen molar-refractivity contribution >= 4 is 17.6 Å². The molecule has 2 rings (SSSR count). The van der Waals surface area contributed by atoms with Crippen LogP contribution in [0.1, 0.15) is 32.7 Å². The van der Waals surface area contributed by atoms with Gasteiger partial charge in [-0.05, 0) is 26.7 Å². The van der Waals surface area contributed by atoms with Crippen LogP contribution in [0.3, 0.4) is 0 Å². The first-order chi connectivity index (χ1) is 8.97. The largest absolute Gasteiger partial charge is 0.479 e. The summed E-state index contributed by atoms with van der Waals surface area (Å²) in [5.74, 6) is -1.35. The van der Waals surface area contributed by atoms with Crippen LogP contribution < -0.4 is 5.32 Å². The second-order valence-corrected chi connectivity index (χ2v) is 4.82.